The van der Waals surface area contributed by atoms with E-state index in [1.165, 1.54) is 11.3 Å². The first kappa shape index (κ1) is 9.78. The van der Waals surface area contributed by atoms with Crippen molar-refractivity contribution in [2.24, 2.45) is 4.99 Å². The fraction of sp³-hybridized carbons (Fsp3) is 0.364. The number of fused-ring (bicyclic) bond motifs is 1. The zero-order chi connectivity index (χ0) is 9.68. The minimum absolute atomic E-state index is 0.814. The number of hydrogen-bond acceptors (Lipinski definition) is 2. The van der Waals surface area contributed by atoms with Crippen molar-refractivity contribution in [2.75, 3.05) is 5.32 Å². The second kappa shape index (κ2) is 4.65. The van der Waals surface area contributed by atoms with Gasteiger partial charge in [0, 0.05) is 5.69 Å². The Bertz CT molecular complexity index is 303. The van der Waals surface area contributed by atoms with Crippen molar-refractivity contribution in [2.45, 2.75) is 27.3 Å². The number of benzene rings is 1. The highest BCUT2D eigenvalue weighted by Crippen LogP contribution is 2.19. The van der Waals surface area contributed by atoms with Crippen LogP contribution in [0.4, 0.5) is 5.69 Å². The molecule has 1 N–H and O–H groups in total. The molecule has 2 rings (SSSR count). The van der Waals surface area contributed by atoms with E-state index < -0.39 is 0 Å². The van der Waals surface area contributed by atoms with Crippen LogP contribution in [0, 0.1) is 0 Å². The van der Waals surface area contributed by atoms with E-state index in [1.54, 1.807) is 0 Å². The normalized spacial score (nSPS) is 13.0. The van der Waals surface area contributed by atoms with Crippen LogP contribution >= 0.6 is 0 Å². The summed E-state index contributed by atoms with van der Waals surface area (Å²) < 4.78 is 0. The molecule has 1 aliphatic rings. The summed E-state index contributed by atoms with van der Waals surface area (Å²) in [6.45, 7) is 6.80. The Hall–Kier alpha value is -1.31. The molecule has 1 aromatic rings. The molecule has 0 fully saturated rings. The van der Waals surface area contributed by atoms with Gasteiger partial charge >= 0.3 is 0 Å². The fourth-order valence-electron chi connectivity index (χ4n) is 1.22. The van der Waals surface area contributed by atoms with Crippen molar-refractivity contribution in [3.63, 3.8) is 0 Å². The molecule has 0 spiro atoms. The maximum absolute atomic E-state index is 4.28. The van der Waals surface area contributed by atoms with Crippen LogP contribution in [-0.2, 0) is 6.54 Å². The number of anilines is 1. The van der Waals surface area contributed by atoms with Crippen molar-refractivity contribution < 1.29 is 0 Å². The molecular weight excluding hydrogens is 160 g/mol. The van der Waals surface area contributed by atoms with E-state index >= 15 is 0 Å². The molecular formula is C11H16N2. The number of para-hydroxylation sites is 1. The van der Waals surface area contributed by atoms with Crippen LogP contribution in [0.1, 0.15) is 26.3 Å². The van der Waals surface area contributed by atoms with Gasteiger partial charge in [-0.25, -0.2) is 0 Å². The Balaban J connectivity index is 0.000000396. The van der Waals surface area contributed by atoms with Crippen molar-refractivity contribution in [3.05, 3.63) is 29.8 Å². The number of hydrogen-bond donors (Lipinski definition) is 1. The molecule has 0 unspecified atom stereocenters. The third-order valence-corrected chi connectivity index (χ3v) is 1.82. The van der Waals surface area contributed by atoms with Crippen molar-refractivity contribution >= 4 is 11.5 Å². The zero-order valence-electron chi connectivity index (χ0n) is 8.46. The Morgan fingerprint density at radius 1 is 1.23 bits per heavy atom. The molecule has 0 aliphatic carbocycles. The second-order valence-electron chi connectivity index (χ2n) is 2.68. The molecule has 0 saturated carbocycles. The van der Waals surface area contributed by atoms with Crippen LogP contribution in [0.15, 0.2) is 29.3 Å². The molecule has 1 aromatic carbocycles. The van der Waals surface area contributed by atoms with Gasteiger partial charge in [0.05, 0.1) is 12.4 Å². The van der Waals surface area contributed by atoms with Gasteiger partial charge in [0.2, 0.25) is 0 Å². The van der Waals surface area contributed by atoms with E-state index in [0.717, 1.165) is 12.4 Å². The number of aliphatic imine (C=N–C) groups is 1. The Morgan fingerprint density at radius 2 is 1.92 bits per heavy atom. The van der Waals surface area contributed by atoms with Crippen LogP contribution in [0.5, 0.6) is 0 Å². The molecule has 2 nitrogen and oxygen atoms in total. The topological polar surface area (TPSA) is 24.4 Å². The summed E-state index contributed by atoms with van der Waals surface area (Å²) in [7, 11) is 0. The van der Waals surface area contributed by atoms with Crippen molar-refractivity contribution in [3.8, 4) is 0 Å². The SMILES string of the molecule is CC.CC1=NCc2ccccc2N1. The Morgan fingerprint density at radius 3 is 2.69 bits per heavy atom. The lowest BCUT2D eigenvalue weighted by Gasteiger charge is -2.15. The van der Waals surface area contributed by atoms with Gasteiger partial charge in [0.15, 0.2) is 0 Å². The lowest BCUT2D eigenvalue weighted by molar-refractivity contribution is 1.04. The highest BCUT2D eigenvalue weighted by atomic mass is 15.0. The molecule has 0 aromatic heterocycles. The number of nitrogens with one attached hydrogen (secondary N) is 1. The lowest BCUT2D eigenvalue weighted by Crippen LogP contribution is -2.13. The maximum Gasteiger partial charge on any atom is 0.0979 e. The van der Waals surface area contributed by atoms with E-state index in [-0.39, 0.29) is 0 Å². The number of amidine groups is 1. The second-order valence-corrected chi connectivity index (χ2v) is 2.68. The zero-order valence-corrected chi connectivity index (χ0v) is 8.46. The molecule has 70 valence electrons. The molecule has 1 heterocycles. The minimum Gasteiger partial charge on any atom is -0.344 e. The van der Waals surface area contributed by atoms with E-state index in [4.69, 9.17) is 0 Å². The van der Waals surface area contributed by atoms with Gasteiger partial charge in [-0.05, 0) is 18.6 Å². The van der Waals surface area contributed by atoms with Gasteiger partial charge in [0.1, 0.15) is 0 Å². The average molecular weight is 176 g/mol. The predicted octanol–water partition coefficient (Wildman–Crippen LogP) is 3.06. The molecule has 1 aliphatic heterocycles. The molecule has 0 atom stereocenters. The first-order chi connectivity index (χ1) is 6.36. The van der Waals surface area contributed by atoms with Crippen LogP contribution in [-0.4, -0.2) is 5.84 Å². The Kier molecular flexibility index (Phi) is 3.50. The quantitative estimate of drug-likeness (QED) is 0.645. The largest absolute Gasteiger partial charge is 0.344 e. The van der Waals surface area contributed by atoms with Crippen LogP contribution < -0.4 is 5.32 Å². The van der Waals surface area contributed by atoms with Gasteiger partial charge in [-0.15, -0.1) is 0 Å². The molecule has 0 bridgehead atoms. The van der Waals surface area contributed by atoms with Gasteiger partial charge in [0.25, 0.3) is 0 Å². The standard InChI is InChI=1S/C9H10N2.C2H6/c1-7-10-6-8-4-2-3-5-9(8)11-7;1-2/h2-5H,6H2,1H3,(H,10,11);1-2H3. The summed E-state index contributed by atoms with van der Waals surface area (Å²) in [5, 5.41) is 3.21. The first-order valence-corrected chi connectivity index (χ1v) is 4.72. The van der Waals surface area contributed by atoms with Gasteiger partial charge < -0.3 is 5.32 Å². The molecule has 0 saturated heterocycles. The van der Waals surface area contributed by atoms with Crippen molar-refractivity contribution in [1.29, 1.82) is 0 Å². The molecule has 2 heteroatoms. The van der Waals surface area contributed by atoms with Crippen molar-refractivity contribution in [1.82, 2.24) is 0 Å². The highest BCUT2D eigenvalue weighted by molar-refractivity contribution is 5.95. The summed E-state index contributed by atoms with van der Waals surface area (Å²) in [4.78, 5) is 4.28. The smallest absolute Gasteiger partial charge is 0.0979 e. The third-order valence-electron chi connectivity index (χ3n) is 1.82. The third kappa shape index (κ3) is 2.31. The minimum atomic E-state index is 0.814. The van der Waals surface area contributed by atoms with E-state index in [1.807, 2.05) is 32.9 Å². The summed E-state index contributed by atoms with van der Waals surface area (Å²) in [6.07, 6.45) is 0. The van der Waals surface area contributed by atoms with E-state index in [0.29, 0.717) is 0 Å². The lowest BCUT2D eigenvalue weighted by atomic mass is 10.1. The maximum atomic E-state index is 4.28. The molecule has 0 radical (unpaired) electrons. The van der Waals surface area contributed by atoms with Gasteiger partial charge in [-0.2, -0.15) is 0 Å². The predicted molar refractivity (Wildman–Crippen MR) is 58.2 cm³/mol. The van der Waals surface area contributed by atoms with Gasteiger partial charge in [-0.3, -0.25) is 4.99 Å². The molecule has 13 heavy (non-hydrogen) atoms. The van der Waals surface area contributed by atoms with Crippen LogP contribution in [0.3, 0.4) is 0 Å². The Labute approximate surface area is 79.7 Å². The monoisotopic (exact) mass is 176 g/mol. The average Bonchev–Trinajstić information content (AvgIpc) is 2.21. The van der Waals surface area contributed by atoms with Crippen LogP contribution in [0.2, 0.25) is 0 Å². The summed E-state index contributed by atoms with van der Waals surface area (Å²) >= 11 is 0. The number of nitrogens with zero attached hydrogens (tertiary/aromatic N) is 1. The fourth-order valence-corrected chi connectivity index (χ4v) is 1.22. The summed E-state index contributed by atoms with van der Waals surface area (Å²) in [5.41, 5.74) is 2.47. The molecule has 0 amide bonds. The first-order valence-electron chi connectivity index (χ1n) is 4.72. The highest BCUT2D eigenvalue weighted by Gasteiger charge is 2.05. The number of rotatable bonds is 0. The van der Waals surface area contributed by atoms with Crippen LogP contribution in [0.25, 0.3) is 0 Å². The van der Waals surface area contributed by atoms with Gasteiger partial charge in [-0.1, -0.05) is 32.0 Å². The summed E-state index contributed by atoms with van der Waals surface area (Å²) in [5.74, 6) is 1.00. The van der Waals surface area contributed by atoms with E-state index in [9.17, 15) is 0 Å². The summed E-state index contributed by atoms with van der Waals surface area (Å²) in [6, 6.07) is 8.24. The van der Waals surface area contributed by atoms with E-state index in [2.05, 4.69) is 22.4 Å².